The van der Waals surface area contributed by atoms with Gasteiger partial charge in [-0.1, -0.05) is 30.3 Å². The van der Waals surface area contributed by atoms with E-state index >= 15 is 0 Å². The number of hydrogen-bond acceptors (Lipinski definition) is 3. The highest BCUT2D eigenvalue weighted by molar-refractivity contribution is 5.87. The highest BCUT2D eigenvalue weighted by Gasteiger charge is 2.07. The summed E-state index contributed by atoms with van der Waals surface area (Å²) in [7, 11) is 4.14. The van der Waals surface area contributed by atoms with Crippen LogP contribution in [0.5, 0.6) is 5.75 Å². The molecule has 0 heterocycles. The molecule has 0 radical (unpaired) electrons. The molecule has 0 amide bonds. The molecule has 2 N–H and O–H groups in total. The van der Waals surface area contributed by atoms with Crippen molar-refractivity contribution in [3.05, 3.63) is 42.0 Å². The second kappa shape index (κ2) is 6.55. The van der Waals surface area contributed by atoms with Gasteiger partial charge < -0.3 is 15.4 Å². The van der Waals surface area contributed by atoms with Gasteiger partial charge in [0.2, 0.25) is 0 Å². The van der Waals surface area contributed by atoms with Gasteiger partial charge in [0.15, 0.2) is 0 Å². The Hall–Kier alpha value is -1.58. The summed E-state index contributed by atoms with van der Waals surface area (Å²) < 4.78 is 5.88. The zero-order valence-corrected chi connectivity index (χ0v) is 11.7. The maximum absolute atomic E-state index is 5.88. The highest BCUT2D eigenvalue weighted by Crippen LogP contribution is 2.27. The minimum absolute atomic E-state index is 0.504. The second-order valence-electron chi connectivity index (χ2n) is 4.97. The van der Waals surface area contributed by atoms with E-state index in [-0.39, 0.29) is 0 Å². The van der Waals surface area contributed by atoms with Gasteiger partial charge in [0, 0.05) is 18.7 Å². The molecule has 0 atom stereocenters. The molecule has 3 heteroatoms. The van der Waals surface area contributed by atoms with Crippen LogP contribution in [0.2, 0.25) is 0 Å². The Balaban J connectivity index is 2.14. The van der Waals surface area contributed by atoms with Crippen molar-refractivity contribution in [2.45, 2.75) is 13.0 Å². The summed E-state index contributed by atoms with van der Waals surface area (Å²) in [4.78, 5) is 2.16. The average Bonchev–Trinajstić information content (AvgIpc) is 2.42. The Bertz CT molecular complexity index is 537. The first kappa shape index (κ1) is 13.8. The monoisotopic (exact) mass is 258 g/mol. The van der Waals surface area contributed by atoms with Crippen molar-refractivity contribution >= 4 is 10.8 Å². The summed E-state index contributed by atoms with van der Waals surface area (Å²) in [6.45, 7) is 2.26. The van der Waals surface area contributed by atoms with Crippen LogP contribution in [0.1, 0.15) is 12.0 Å². The summed E-state index contributed by atoms with van der Waals surface area (Å²) in [6.07, 6.45) is 1.02. The van der Waals surface area contributed by atoms with Gasteiger partial charge in [0.05, 0.1) is 6.61 Å². The van der Waals surface area contributed by atoms with Crippen LogP contribution in [0.25, 0.3) is 10.8 Å². The SMILES string of the molecule is CN(C)CCCOc1ccc2ccccc2c1CN. The molecule has 0 unspecified atom stereocenters. The van der Waals surface area contributed by atoms with Gasteiger partial charge in [0.1, 0.15) is 5.75 Å². The molecule has 19 heavy (non-hydrogen) atoms. The van der Waals surface area contributed by atoms with Crippen LogP contribution < -0.4 is 10.5 Å². The lowest BCUT2D eigenvalue weighted by molar-refractivity contribution is 0.280. The van der Waals surface area contributed by atoms with Gasteiger partial charge in [-0.15, -0.1) is 0 Å². The van der Waals surface area contributed by atoms with Crippen LogP contribution in [0.15, 0.2) is 36.4 Å². The quantitative estimate of drug-likeness (QED) is 0.809. The van der Waals surface area contributed by atoms with E-state index in [9.17, 15) is 0 Å². The van der Waals surface area contributed by atoms with E-state index in [1.54, 1.807) is 0 Å². The van der Waals surface area contributed by atoms with Crippen molar-refractivity contribution < 1.29 is 4.74 Å². The minimum Gasteiger partial charge on any atom is -0.493 e. The molecule has 0 aromatic heterocycles. The van der Waals surface area contributed by atoms with Crippen molar-refractivity contribution in [2.75, 3.05) is 27.2 Å². The molecular formula is C16H22N2O. The molecule has 0 saturated heterocycles. The first-order valence-electron chi connectivity index (χ1n) is 6.70. The summed E-state index contributed by atoms with van der Waals surface area (Å²) in [5.41, 5.74) is 6.98. The number of ether oxygens (including phenoxy) is 1. The average molecular weight is 258 g/mol. The molecule has 0 aliphatic rings. The normalized spacial score (nSPS) is 11.2. The second-order valence-corrected chi connectivity index (χ2v) is 4.97. The third kappa shape index (κ3) is 3.46. The van der Waals surface area contributed by atoms with E-state index in [1.807, 2.05) is 18.2 Å². The predicted molar refractivity (Wildman–Crippen MR) is 80.5 cm³/mol. The zero-order chi connectivity index (χ0) is 13.7. The molecular weight excluding hydrogens is 236 g/mol. The predicted octanol–water partition coefficient (Wildman–Crippen LogP) is 2.63. The Morgan fingerprint density at radius 1 is 1.11 bits per heavy atom. The molecule has 0 fully saturated rings. The Morgan fingerprint density at radius 3 is 2.63 bits per heavy atom. The van der Waals surface area contributed by atoms with Crippen molar-refractivity contribution in [2.24, 2.45) is 5.73 Å². The first-order chi connectivity index (χ1) is 9.22. The van der Waals surface area contributed by atoms with Crippen LogP contribution in [-0.2, 0) is 6.54 Å². The van der Waals surface area contributed by atoms with Gasteiger partial charge in [-0.2, -0.15) is 0 Å². The van der Waals surface area contributed by atoms with E-state index in [0.29, 0.717) is 6.54 Å². The van der Waals surface area contributed by atoms with Gasteiger partial charge in [-0.25, -0.2) is 0 Å². The number of fused-ring (bicyclic) bond motifs is 1. The fourth-order valence-corrected chi connectivity index (χ4v) is 2.22. The summed E-state index contributed by atoms with van der Waals surface area (Å²) in [5.74, 6) is 0.917. The zero-order valence-electron chi connectivity index (χ0n) is 11.7. The molecule has 3 nitrogen and oxygen atoms in total. The van der Waals surface area contributed by atoms with E-state index in [4.69, 9.17) is 10.5 Å². The maximum Gasteiger partial charge on any atom is 0.124 e. The van der Waals surface area contributed by atoms with Crippen LogP contribution in [0.4, 0.5) is 0 Å². The van der Waals surface area contributed by atoms with Crippen LogP contribution in [-0.4, -0.2) is 32.1 Å². The molecule has 0 bridgehead atoms. The fraction of sp³-hybridized carbons (Fsp3) is 0.375. The lowest BCUT2D eigenvalue weighted by Crippen LogP contribution is -2.16. The summed E-state index contributed by atoms with van der Waals surface area (Å²) >= 11 is 0. The summed E-state index contributed by atoms with van der Waals surface area (Å²) in [5, 5.41) is 2.40. The first-order valence-corrected chi connectivity index (χ1v) is 6.70. The number of nitrogens with zero attached hydrogens (tertiary/aromatic N) is 1. The lowest BCUT2D eigenvalue weighted by atomic mass is 10.0. The number of nitrogens with two attached hydrogens (primary N) is 1. The van der Waals surface area contributed by atoms with Gasteiger partial charge in [-0.05, 0) is 37.4 Å². The molecule has 0 saturated carbocycles. The Kier molecular flexibility index (Phi) is 4.77. The van der Waals surface area contributed by atoms with Crippen molar-refractivity contribution in [1.82, 2.24) is 4.90 Å². The van der Waals surface area contributed by atoms with Gasteiger partial charge in [0.25, 0.3) is 0 Å². The molecule has 0 spiro atoms. The van der Waals surface area contributed by atoms with Gasteiger partial charge in [-0.3, -0.25) is 0 Å². The van der Waals surface area contributed by atoms with Crippen LogP contribution in [0, 0.1) is 0 Å². The molecule has 0 aliphatic carbocycles. The third-order valence-electron chi connectivity index (χ3n) is 3.21. The van der Waals surface area contributed by atoms with E-state index in [2.05, 4.69) is 37.2 Å². The molecule has 0 aliphatic heterocycles. The third-order valence-corrected chi connectivity index (χ3v) is 3.21. The van der Waals surface area contributed by atoms with Crippen LogP contribution in [0.3, 0.4) is 0 Å². The van der Waals surface area contributed by atoms with Gasteiger partial charge >= 0.3 is 0 Å². The van der Waals surface area contributed by atoms with E-state index in [1.165, 1.54) is 10.8 Å². The highest BCUT2D eigenvalue weighted by atomic mass is 16.5. The van der Waals surface area contributed by atoms with E-state index in [0.717, 1.165) is 30.9 Å². The van der Waals surface area contributed by atoms with Crippen molar-refractivity contribution in [3.63, 3.8) is 0 Å². The molecule has 2 aromatic rings. The topological polar surface area (TPSA) is 38.5 Å². The van der Waals surface area contributed by atoms with E-state index < -0.39 is 0 Å². The number of hydrogen-bond donors (Lipinski definition) is 1. The molecule has 102 valence electrons. The number of rotatable bonds is 6. The molecule has 2 aromatic carbocycles. The summed E-state index contributed by atoms with van der Waals surface area (Å²) in [6, 6.07) is 12.4. The Labute approximate surface area is 115 Å². The maximum atomic E-state index is 5.88. The smallest absolute Gasteiger partial charge is 0.124 e. The Morgan fingerprint density at radius 2 is 1.89 bits per heavy atom. The van der Waals surface area contributed by atoms with Crippen molar-refractivity contribution in [1.29, 1.82) is 0 Å². The number of benzene rings is 2. The van der Waals surface area contributed by atoms with Crippen molar-refractivity contribution in [3.8, 4) is 5.75 Å². The fourth-order valence-electron chi connectivity index (χ4n) is 2.22. The minimum atomic E-state index is 0.504. The largest absolute Gasteiger partial charge is 0.493 e. The van der Waals surface area contributed by atoms with Crippen LogP contribution >= 0.6 is 0 Å². The standard InChI is InChI=1S/C16H22N2O/c1-18(2)10-5-11-19-16-9-8-13-6-3-4-7-14(13)15(16)12-17/h3-4,6-9H,5,10-12,17H2,1-2H3. The molecule has 2 rings (SSSR count). The lowest BCUT2D eigenvalue weighted by Gasteiger charge is -2.14.